The summed E-state index contributed by atoms with van der Waals surface area (Å²) >= 11 is 5.79. The molecule has 1 saturated heterocycles. The largest absolute Gasteiger partial charge is 0.494 e. The van der Waals surface area contributed by atoms with Gasteiger partial charge in [-0.15, -0.1) is 0 Å². The molecule has 2 fully saturated rings. The number of piperazine rings is 1. The number of aromatic nitrogens is 2. The zero-order valence-corrected chi connectivity index (χ0v) is 19.7. The summed E-state index contributed by atoms with van der Waals surface area (Å²) in [4.78, 5) is 37.3. The van der Waals surface area contributed by atoms with Gasteiger partial charge in [0.15, 0.2) is 0 Å². The van der Waals surface area contributed by atoms with Crippen molar-refractivity contribution in [2.24, 2.45) is 5.92 Å². The second-order valence-corrected chi connectivity index (χ2v) is 9.27. The standard InChI is InChI=1S/C25H31ClN4O3/c26-21-17-27-23(28-18-21)16-24(31)29-10-12-30(13-11-29)25(32)20-7-4-8-22(15-20)33-14-9-19-5-2-1-3-6-19/h4,7-8,15,17-19H,1-3,5-6,9-14,16H2. The van der Waals surface area contributed by atoms with E-state index in [0.29, 0.717) is 49.2 Å². The molecule has 0 unspecified atom stereocenters. The van der Waals surface area contributed by atoms with E-state index in [1.807, 2.05) is 24.3 Å². The van der Waals surface area contributed by atoms with Gasteiger partial charge in [-0.25, -0.2) is 9.97 Å². The van der Waals surface area contributed by atoms with E-state index in [-0.39, 0.29) is 18.2 Å². The van der Waals surface area contributed by atoms with Crippen LogP contribution < -0.4 is 4.74 Å². The lowest BCUT2D eigenvalue weighted by Crippen LogP contribution is -2.51. The summed E-state index contributed by atoms with van der Waals surface area (Å²) in [5.41, 5.74) is 0.625. The van der Waals surface area contributed by atoms with Crippen LogP contribution in [0.4, 0.5) is 0 Å². The fourth-order valence-electron chi connectivity index (χ4n) is 4.56. The molecule has 1 aromatic carbocycles. The van der Waals surface area contributed by atoms with Crippen LogP contribution >= 0.6 is 11.6 Å². The Hall–Kier alpha value is -2.67. The summed E-state index contributed by atoms with van der Waals surface area (Å²) in [5, 5.41) is 0.442. The van der Waals surface area contributed by atoms with Crippen LogP contribution in [0.3, 0.4) is 0 Å². The Morgan fingerprint density at radius 1 is 1.00 bits per heavy atom. The highest BCUT2D eigenvalue weighted by Gasteiger charge is 2.25. The maximum Gasteiger partial charge on any atom is 0.254 e. The first-order valence-electron chi connectivity index (χ1n) is 11.8. The quantitative estimate of drug-likeness (QED) is 0.611. The predicted molar refractivity (Wildman–Crippen MR) is 126 cm³/mol. The summed E-state index contributed by atoms with van der Waals surface area (Å²) in [7, 11) is 0. The normalized spacial score (nSPS) is 17.1. The van der Waals surface area contributed by atoms with Crippen LogP contribution in [0.15, 0.2) is 36.7 Å². The van der Waals surface area contributed by atoms with Crippen LogP contribution in [-0.2, 0) is 11.2 Å². The topological polar surface area (TPSA) is 75.6 Å². The Bertz CT molecular complexity index is 939. The van der Waals surface area contributed by atoms with E-state index in [1.165, 1.54) is 44.5 Å². The molecule has 0 N–H and O–H groups in total. The Labute approximate surface area is 200 Å². The van der Waals surface area contributed by atoms with E-state index in [9.17, 15) is 9.59 Å². The zero-order chi connectivity index (χ0) is 23.0. The highest BCUT2D eigenvalue weighted by molar-refractivity contribution is 6.30. The molecule has 33 heavy (non-hydrogen) atoms. The molecule has 2 aromatic rings. The third-order valence-corrected chi connectivity index (χ3v) is 6.70. The number of hydrogen-bond donors (Lipinski definition) is 0. The molecule has 0 spiro atoms. The predicted octanol–water partition coefficient (Wildman–Crippen LogP) is 4.01. The number of nitrogens with zero attached hydrogens (tertiary/aromatic N) is 4. The number of hydrogen-bond acceptors (Lipinski definition) is 5. The molecule has 2 amide bonds. The number of carbonyl (C=O) groups is 2. The van der Waals surface area contributed by atoms with Crippen LogP contribution in [0.2, 0.25) is 5.02 Å². The Morgan fingerprint density at radius 3 is 2.42 bits per heavy atom. The van der Waals surface area contributed by atoms with Crippen molar-refractivity contribution in [2.45, 2.75) is 44.9 Å². The van der Waals surface area contributed by atoms with Gasteiger partial charge < -0.3 is 14.5 Å². The number of carbonyl (C=O) groups excluding carboxylic acids is 2. The summed E-state index contributed by atoms with van der Waals surface area (Å²) in [6.45, 7) is 2.68. The molecule has 176 valence electrons. The van der Waals surface area contributed by atoms with Crippen molar-refractivity contribution in [3.8, 4) is 5.75 Å². The van der Waals surface area contributed by atoms with E-state index in [2.05, 4.69) is 9.97 Å². The first-order valence-corrected chi connectivity index (χ1v) is 12.2. The molecule has 1 aliphatic heterocycles. The molecule has 0 atom stereocenters. The maximum atomic E-state index is 13.0. The summed E-state index contributed by atoms with van der Waals surface area (Å²) in [6, 6.07) is 7.44. The maximum absolute atomic E-state index is 13.0. The number of benzene rings is 1. The van der Waals surface area contributed by atoms with E-state index in [0.717, 1.165) is 18.1 Å². The lowest BCUT2D eigenvalue weighted by molar-refractivity contribution is -0.132. The van der Waals surface area contributed by atoms with E-state index < -0.39 is 0 Å². The zero-order valence-electron chi connectivity index (χ0n) is 18.9. The first-order chi connectivity index (χ1) is 16.1. The molecule has 1 saturated carbocycles. The lowest BCUT2D eigenvalue weighted by atomic mass is 9.87. The molecule has 8 heteroatoms. The van der Waals surface area contributed by atoms with Crippen molar-refractivity contribution in [3.63, 3.8) is 0 Å². The summed E-state index contributed by atoms with van der Waals surface area (Å²) < 4.78 is 5.96. The Morgan fingerprint density at radius 2 is 1.70 bits per heavy atom. The first kappa shape index (κ1) is 23.5. The molecule has 0 radical (unpaired) electrons. The molecule has 1 aromatic heterocycles. The third kappa shape index (κ3) is 6.67. The number of amides is 2. The monoisotopic (exact) mass is 470 g/mol. The third-order valence-electron chi connectivity index (χ3n) is 6.50. The van der Waals surface area contributed by atoms with Crippen LogP contribution in [-0.4, -0.2) is 64.4 Å². The lowest BCUT2D eigenvalue weighted by Gasteiger charge is -2.34. The average Bonchev–Trinajstić information content (AvgIpc) is 2.86. The van der Waals surface area contributed by atoms with Crippen LogP contribution in [0.25, 0.3) is 0 Å². The minimum Gasteiger partial charge on any atom is -0.494 e. The van der Waals surface area contributed by atoms with Crippen LogP contribution in [0.1, 0.15) is 54.7 Å². The van der Waals surface area contributed by atoms with Crippen LogP contribution in [0, 0.1) is 5.92 Å². The molecular weight excluding hydrogens is 440 g/mol. The second kappa shape index (κ2) is 11.5. The molecule has 7 nitrogen and oxygen atoms in total. The average molecular weight is 471 g/mol. The van der Waals surface area contributed by atoms with Gasteiger partial charge >= 0.3 is 0 Å². The van der Waals surface area contributed by atoms with Gasteiger partial charge in [0, 0.05) is 44.1 Å². The Kier molecular flexibility index (Phi) is 8.15. The molecule has 0 bridgehead atoms. The molecule has 4 rings (SSSR count). The fraction of sp³-hybridized carbons (Fsp3) is 0.520. The number of ether oxygens (including phenoxy) is 1. The van der Waals surface area contributed by atoms with E-state index in [1.54, 1.807) is 9.80 Å². The number of rotatable bonds is 7. The van der Waals surface area contributed by atoms with Gasteiger partial charge in [-0.1, -0.05) is 49.8 Å². The minimum atomic E-state index is -0.0437. The summed E-state index contributed by atoms with van der Waals surface area (Å²) in [6.07, 6.45) is 10.8. The van der Waals surface area contributed by atoms with E-state index >= 15 is 0 Å². The van der Waals surface area contributed by atoms with Crippen molar-refractivity contribution in [1.82, 2.24) is 19.8 Å². The van der Waals surface area contributed by atoms with Gasteiger partial charge in [-0.2, -0.15) is 0 Å². The molecule has 1 aliphatic carbocycles. The van der Waals surface area contributed by atoms with Crippen molar-refractivity contribution in [1.29, 1.82) is 0 Å². The van der Waals surface area contributed by atoms with Gasteiger partial charge in [0.25, 0.3) is 5.91 Å². The second-order valence-electron chi connectivity index (χ2n) is 8.84. The van der Waals surface area contributed by atoms with Gasteiger partial charge in [0.05, 0.1) is 18.1 Å². The van der Waals surface area contributed by atoms with Crippen molar-refractivity contribution < 1.29 is 14.3 Å². The van der Waals surface area contributed by atoms with E-state index in [4.69, 9.17) is 16.3 Å². The van der Waals surface area contributed by atoms with Crippen molar-refractivity contribution in [2.75, 3.05) is 32.8 Å². The van der Waals surface area contributed by atoms with Crippen molar-refractivity contribution >= 4 is 23.4 Å². The van der Waals surface area contributed by atoms with Gasteiger partial charge in [0.1, 0.15) is 11.6 Å². The highest BCUT2D eigenvalue weighted by Crippen LogP contribution is 2.26. The highest BCUT2D eigenvalue weighted by atomic mass is 35.5. The smallest absolute Gasteiger partial charge is 0.254 e. The Balaban J connectivity index is 1.24. The molecule has 2 heterocycles. The minimum absolute atomic E-state index is 0.0270. The molecular formula is C25H31ClN4O3. The van der Waals surface area contributed by atoms with Gasteiger partial charge in [-0.3, -0.25) is 9.59 Å². The van der Waals surface area contributed by atoms with Gasteiger partial charge in [-0.05, 0) is 30.5 Å². The van der Waals surface area contributed by atoms with Crippen LogP contribution in [0.5, 0.6) is 5.75 Å². The van der Waals surface area contributed by atoms with Gasteiger partial charge in [0.2, 0.25) is 5.91 Å². The fourth-order valence-corrected chi connectivity index (χ4v) is 4.65. The van der Waals surface area contributed by atoms with Crippen molar-refractivity contribution in [3.05, 3.63) is 53.1 Å². The summed E-state index contributed by atoms with van der Waals surface area (Å²) in [5.74, 6) is 1.89. The number of halogens is 1. The molecule has 2 aliphatic rings. The SMILES string of the molecule is O=C(Cc1ncc(Cl)cn1)N1CCN(C(=O)c2cccc(OCCC3CCCCC3)c2)CC1.